The molecule has 0 radical (unpaired) electrons. The number of pyridine rings is 1. The Kier molecular flexibility index (Phi) is 5.79. The molecule has 0 saturated carbocycles. The van der Waals surface area contributed by atoms with E-state index >= 15 is 0 Å². The van der Waals surface area contributed by atoms with Gasteiger partial charge in [0, 0.05) is 61.9 Å². The van der Waals surface area contributed by atoms with Gasteiger partial charge >= 0.3 is 0 Å². The van der Waals surface area contributed by atoms with Gasteiger partial charge in [-0.25, -0.2) is 4.99 Å². The standard InChI is InChI=1S/C27H29N5O2/c1-3-31-9-8-20-14-18(6-7-23(20)27(31)34)19-4-5-21-15-22(17-25(28)29-24(21)16-19)26(33)32-12-10-30(2)11-13-32/h4-9,14-16H,3,10-13,17H2,1-2H3,(H2,28,29). The van der Waals surface area contributed by atoms with Crippen LogP contribution in [-0.4, -0.2) is 59.3 Å². The van der Waals surface area contributed by atoms with Gasteiger partial charge in [-0.15, -0.1) is 0 Å². The van der Waals surface area contributed by atoms with E-state index in [4.69, 9.17) is 5.73 Å². The summed E-state index contributed by atoms with van der Waals surface area (Å²) in [7, 11) is 2.07. The second kappa shape index (κ2) is 8.91. The first-order valence-corrected chi connectivity index (χ1v) is 11.7. The molecule has 0 aliphatic carbocycles. The number of carbonyl (C=O) groups excluding carboxylic acids is 1. The van der Waals surface area contributed by atoms with Crippen LogP contribution in [0.25, 0.3) is 28.0 Å². The Bertz CT molecular complexity index is 1390. The molecule has 2 aliphatic rings. The number of carbonyl (C=O) groups is 1. The maximum absolute atomic E-state index is 13.2. The summed E-state index contributed by atoms with van der Waals surface area (Å²) in [6, 6.07) is 13.9. The second-order valence-corrected chi connectivity index (χ2v) is 9.03. The molecule has 3 aromatic rings. The highest BCUT2D eigenvalue weighted by molar-refractivity contribution is 6.05. The monoisotopic (exact) mass is 455 g/mol. The lowest BCUT2D eigenvalue weighted by Crippen LogP contribution is -2.47. The third-order valence-corrected chi connectivity index (χ3v) is 6.71. The van der Waals surface area contributed by atoms with E-state index in [-0.39, 0.29) is 11.5 Å². The van der Waals surface area contributed by atoms with Crippen LogP contribution < -0.4 is 11.3 Å². The number of hydrogen-bond acceptors (Lipinski definition) is 5. The van der Waals surface area contributed by atoms with Crippen molar-refractivity contribution in [3.8, 4) is 11.1 Å². The molecule has 7 heteroatoms. The van der Waals surface area contributed by atoms with Crippen molar-refractivity contribution >= 4 is 34.3 Å². The fraction of sp³-hybridized carbons (Fsp3) is 0.296. The van der Waals surface area contributed by atoms with Crippen LogP contribution in [0.15, 0.2) is 64.0 Å². The number of amidine groups is 1. The van der Waals surface area contributed by atoms with E-state index in [1.54, 1.807) is 4.57 Å². The smallest absolute Gasteiger partial charge is 0.258 e. The van der Waals surface area contributed by atoms with E-state index < -0.39 is 0 Å². The zero-order valence-corrected chi connectivity index (χ0v) is 19.6. The van der Waals surface area contributed by atoms with Crippen molar-refractivity contribution in [3.63, 3.8) is 0 Å². The number of aromatic nitrogens is 1. The number of amides is 1. The van der Waals surface area contributed by atoms with E-state index in [1.165, 1.54) is 0 Å². The van der Waals surface area contributed by atoms with Gasteiger partial charge in [0.25, 0.3) is 5.56 Å². The summed E-state index contributed by atoms with van der Waals surface area (Å²) < 4.78 is 1.70. The Hall–Kier alpha value is -3.71. The lowest BCUT2D eigenvalue weighted by atomic mass is 9.99. The molecule has 1 aromatic heterocycles. The van der Waals surface area contributed by atoms with Crippen LogP contribution in [0, 0.1) is 0 Å². The molecule has 0 spiro atoms. The number of rotatable bonds is 3. The van der Waals surface area contributed by atoms with Crippen LogP contribution in [-0.2, 0) is 11.3 Å². The molecule has 174 valence electrons. The molecule has 2 aromatic carbocycles. The number of aliphatic imine (C=N–C) groups is 1. The number of piperazine rings is 1. The molecule has 2 aliphatic heterocycles. The number of likely N-dealkylation sites (N-methyl/N-ethyl adjacent to an activating group) is 1. The van der Waals surface area contributed by atoms with Crippen molar-refractivity contribution in [2.75, 3.05) is 33.2 Å². The maximum Gasteiger partial charge on any atom is 0.258 e. The molecule has 34 heavy (non-hydrogen) atoms. The highest BCUT2D eigenvalue weighted by Crippen LogP contribution is 2.33. The normalized spacial score (nSPS) is 16.6. The Labute approximate surface area is 198 Å². The van der Waals surface area contributed by atoms with Crippen molar-refractivity contribution in [1.82, 2.24) is 14.4 Å². The third-order valence-electron chi connectivity index (χ3n) is 6.71. The van der Waals surface area contributed by atoms with E-state index in [2.05, 4.69) is 16.9 Å². The highest BCUT2D eigenvalue weighted by Gasteiger charge is 2.24. The van der Waals surface area contributed by atoms with Crippen molar-refractivity contribution in [1.29, 1.82) is 0 Å². The molecule has 1 fully saturated rings. The van der Waals surface area contributed by atoms with Crippen LogP contribution in [0.4, 0.5) is 5.69 Å². The predicted octanol–water partition coefficient (Wildman–Crippen LogP) is 3.24. The molecule has 3 heterocycles. The Morgan fingerprint density at radius 3 is 2.53 bits per heavy atom. The van der Waals surface area contributed by atoms with Crippen molar-refractivity contribution in [3.05, 3.63) is 70.2 Å². The number of nitrogens with two attached hydrogens (primary N) is 1. The molecular weight excluding hydrogens is 426 g/mol. The molecule has 5 rings (SSSR count). The Morgan fingerprint density at radius 2 is 1.76 bits per heavy atom. The van der Waals surface area contributed by atoms with Gasteiger partial charge in [-0.3, -0.25) is 9.59 Å². The number of benzene rings is 2. The highest BCUT2D eigenvalue weighted by atomic mass is 16.2. The quantitative estimate of drug-likeness (QED) is 0.657. The van der Waals surface area contributed by atoms with Gasteiger partial charge in [0.2, 0.25) is 5.91 Å². The molecule has 0 atom stereocenters. The minimum absolute atomic E-state index is 0.0218. The van der Waals surface area contributed by atoms with Gasteiger partial charge in [-0.2, -0.15) is 0 Å². The average molecular weight is 456 g/mol. The minimum Gasteiger partial charge on any atom is -0.387 e. The van der Waals surface area contributed by atoms with E-state index in [0.29, 0.717) is 29.8 Å². The van der Waals surface area contributed by atoms with E-state index in [0.717, 1.165) is 53.9 Å². The fourth-order valence-electron chi connectivity index (χ4n) is 4.64. The van der Waals surface area contributed by atoms with Crippen LogP contribution in [0.1, 0.15) is 18.9 Å². The van der Waals surface area contributed by atoms with Crippen LogP contribution in [0.3, 0.4) is 0 Å². The molecule has 1 amide bonds. The number of nitrogens with zero attached hydrogens (tertiary/aromatic N) is 4. The third kappa shape index (κ3) is 4.15. The average Bonchev–Trinajstić information content (AvgIpc) is 3.01. The fourth-order valence-corrected chi connectivity index (χ4v) is 4.64. The van der Waals surface area contributed by atoms with Gasteiger partial charge in [-0.1, -0.05) is 18.2 Å². The summed E-state index contributed by atoms with van der Waals surface area (Å²) >= 11 is 0. The van der Waals surface area contributed by atoms with Crippen molar-refractivity contribution in [2.24, 2.45) is 10.7 Å². The molecule has 2 N–H and O–H groups in total. The SMILES string of the molecule is CCn1ccc2cc(-c3ccc4c(c3)N=C(N)CC(C(=O)N3CCN(C)CC3)=C4)ccc2c1=O. The topological polar surface area (TPSA) is 83.9 Å². The largest absolute Gasteiger partial charge is 0.387 e. The van der Waals surface area contributed by atoms with Crippen LogP contribution in [0.2, 0.25) is 0 Å². The number of aryl methyl sites for hydroxylation is 1. The maximum atomic E-state index is 13.2. The van der Waals surface area contributed by atoms with Crippen molar-refractivity contribution in [2.45, 2.75) is 19.9 Å². The first-order valence-electron chi connectivity index (χ1n) is 11.7. The minimum atomic E-state index is 0.0218. The summed E-state index contributed by atoms with van der Waals surface area (Å²) in [5.74, 6) is 0.471. The lowest BCUT2D eigenvalue weighted by molar-refractivity contribution is -0.128. The Balaban J connectivity index is 1.48. The lowest BCUT2D eigenvalue weighted by Gasteiger charge is -2.33. The zero-order valence-electron chi connectivity index (χ0n) is 19.6. The molecular formula is C27H29N5O2. The van der Waals surface area contributed by atoms with Crippen LogP contribution >= 0.6 is 0 Å². The van der Waals surface area contributed by atoms with Gasteiger partial charge in [0.15, 0.2) is 0 Å². The van der Waals surface area contributed by atoms with Gasteiger partial charge < -0.3 is 20.1 Å². The predicted molar refractivity (Wildman–Crippen MR) is 137 cm³/mol. The van der Waals surface area contributed by atoms with Crippen molar-refractivity contribution < 1.29 is 4.79 Å². The van der Waals surface area contributed by atoms with E-state index in [9.17, 15) is 9.59 Å². The summed E-state index contributed by atoms with van der Waals surface area (Å²) in [5.41, 5.74) is 10.5. The number of hydrogen-bond donors (Lipinski definition) is 1. The second-order valence-electron chi connectivity index (χ2n) is 9.03. The van der Waals surface area contributed by atoms with Gasteiger partial charge in [-0.05, 0) is 60.8 Å². The first kappa shape index (κ1) is 22.1. The van der Waals surface area contributed by atoms with Gasteiger partial charge in [0.1, 0.15) is 5.84 Å². The molecule has 0 bridgehead atoms. The number of fused-ring (bicyclic) bond motifs is 2. The van der Waals surface area contributed by atoms with Crippen LogP contribution in [0.5, 0.6) is 0 Å². The zero-order chi connectivity index (χ0) is 23.8. The molecule has 0 unspecified atom stereocenters. The molecule has 1 saturated heterocycles. The van der Waals surface area contributed by atoms with E-state index in [1.807, 2.05) is 66.6 Å². The summed E-state index contributed by atoms with van der Waals surface area (Å²) in [4.78, 5) is 34.5. The van der Waals surface area contributed by atoms with Gasteiger partial charge in [0.05, 0.1) is 5.69 Å². The molecule has 7 nitrogen and oxygen atoms in total. The summed E-state index contributed by atoms with van der Waals surface area (Å²) in [6.07, 6.45) is 4.10. The first-order chi connectivity index (χ1) is 16.4. The summed E-state index contributed by atoms with van der Waals surface area (Å²) in [5, 5.41) is 1.62. The Morgan fingerprint density at radius 1 is 1.03 bits per heavy atom. The summed E-state index contributed by atoms with van der Waals surface area (Å²) in [6.45, 7) is 5.80.